The number of quaternary nitrogens is 1. The molecule has 0 aromatic heterocycles. The van der Waals surface area contributed by atoms with E-state index in [0.717, 1.165) is 12.1 Å². The first-order valence-electron chi connectivity index (χ1n) is 6.06. The Hall–Kier alpha value is -1.35. The number of carbonyl (C=O) groups is 1. The molecule has 0 radical (unpaired) electrons. The normalized spacial score (nSPS) is 31.3. The fraction of sp³-hybridized carbons (Fsp3) is 0.500. The van der Waals surface area contributed by atoms with Gasteiger partial charge in [-0.3, -0.25) is 4.84 Å². The van der Waals surface area contributed by atoms with Crippen LogP contribution < -0.4 is 0 Å². The van der Waals surface area contributed by atoms with E-state index in [1.807, 2.05) is 46.0 Å². The zero-order valence-corrected chi connectivity index (χ0v) is 10.9. The Morgan fingerprint density at radius 3 is 2.41 bits per heavy atom. The molecule has 1 aromatic carbocycles. The van der Waals surface area contributed by atoms with Crippen LogP contribution in [0.5, 0.6) is 0 Å². The highest BCUT2D eigenvalue weighted by atomic mass is 16.8. The molecule has 0 saturated carbocycles. The van der Waals surface area contributed by atoms with Gasteiger partial charge in [-0.2, -0.15) is 0 Å². The molecule has 0 aliphatic carbocycles. The molecular formula is C14H20NO2+. The maximum absolute atomic E-state index is 12.0. The van der Waals surface area contributed by atoms with E-state index in [1.54, 1.807) is 0 Å². The van der Waals surface area contributed by atoms with Gasteiger partial charge in [0.1, 0.15) is 19.0 Å². The van der Waals surface area contributed by atoms with E-state index in [0.29, 0.717) is 4.65 Å². The van der Waals surface area contributed by atoms with E-state index in [2.05, 4.69) is 12.1 Å². The summed E-state index contributed by atoms with van der Waals surface area (Å²) in [6, 6.07) is 10.2. The quantitative estimate of drug-likeness (QED) is 0.735. The highest BCUT2D eigenvalue weighted by Gasteiger charge is 2.60. The predicted molar refractivity (Wildman–Crippen MR) is 65.8 cm³/mol. The van der Waals surface area contributed by atoms with Crippen LogP contribution in [0.15, 0.2) is 30.3 Å². The Morgan fingerprint density at radius 2 is 1.88 bits per heavy atom. The molecule has 92 valence electrons. The lowest BCUT2D eigenvalue weighted by molar-refractivity contribution is -1.09. The van der Waals surface area contributed by atoms with Gasteiger partial charge in [0.15, 0.2) is 6.04 Å². The molecule has 1 aliphatic heterocycles. The maximum atomic E-state index is 12.0. The summed E-state index contributed by atoms with van der Waals surface area (Å²) >= 11 is 0. The Kier molecular flexibility index (Phi) is 2.74. The third-order valence-corrected chi connectivity index (χ3v) is 3.79. The van der Waals surface area contributed by atoms with Gasteiger partial charge in [0.05, 0.1) is 0 Å². The second-order valence-corrected chi connectivity index (χ2v) is 5.40. The van der Waals surface area contributed by atoms with Crippen LogP contribution in [0.2, 0.25) is 0 Å². The lowest BCUT2D eigenvalue weighted by atomic mass is 9.80. The third kappa shape index (κ3) is 1.75. The van der Waals surface area contributed by atoms with Gasteiger partial charge in [0, 0.05) is 5.56 Å². The van der Waals surface area contributed by atoms with Crippen molar-refractivity contribution in [2.24, 2.45) is 5.41 Å². The molecular weight excluding hydrogens is 214 g/mol. The molecule has 2 atom stereocenters. The summed E-state index contributed by atoms with van der Waals surface area (Å²) in [6.07, 6.45) is 0. The molecule has 2 unspecified atom stereocenters. The van der Waals surface area contributed by atoms with Gasteiger partial charge in [-0.1, -0.05) is 30.3 Å². The van der Waals surface area contributed by atoms with Crippen molar-refractivity contribution in [3.05, 3.63) is 35.9 Å². The Morgan fingerprint density at radius 1 is 1.29 bits per heavy atom. The summed E-state index contributed by atoms with van der Waals surface area (Å²) in [7, 11) is 1.98. The van der Waals surface area contributed by atoms with Gasteiger partial charge >= 0.3 is 5.97 Å². The zero-order valence-electron chi connectivity index (χ0n) is 10.9. The van der Waals surface area contributed by atoms with Crippen molar-refractivity contribution in [1.82, 2.24) is 0 Å². The molecule has 0 bridgehead atoms. The molecule has 2 rings (SSSR count). The van der Waals surface area contributed by atoms with Crippen LogP contribution in [0, 0.1) is 5.41 Å². The predicted octanol–water partition coefficient (Wildman–Crippen LogP) is 2.69. The second kappa shape index (κ2) is 3.84. The summed E-state index contributed by atoms with van der Waals surface area (Å²) in [5.41, 5.74) is 0.680. The van der Waals surface area contributed by atoms with Crippen molar-refractivity contribution in [2.75, 3.05) is 13.6 Å². The van der Waals surface area contributed by atoms with E-state index in [1.165, 1.54) is 0 Å². The van der Waals surface area contributed by atoms with Gasteiger partial charge in [-0.15, -0.1) is 4.65 Å². The number of hydroxylamine groups is 3. The van der Waals surface area contributed by atoms with Crippen LogP contribution in [-0.4, -0.2) is 24.2 Å². The summed E-state index contributed by atoms with van der Waals surface area (Å²) in [6.45, 7) is 6.75. The largest absolute Gasteiger partial charge is 0.378 e. The average molecular weight is 234 g/mol. The van der Waals surface area contributed by atoms with Crippen molar-refractivity contribution in [2.45, 2.75) is 26.8 Å². The standard InChI is InChI=1S/C14H20NO2/c1-5-15(4)12(11-9-7-6-8-10-11)14(2,3)13(16)17-15/h6-10,12H,5H2,1-4H3/q+1. The summed E-state index contributed by atoms with van der Waals surface area (Å²) in [4.78, 5) is 17.6. The minimum Gasteiger partial charge on any atom is -0.275 e. The molecule has 3 heteroatoms. The third-order valence-electron chi connectivity index (χ3n) is 3.79. The van der Waals surface area contributed by atoms with Crippen LogP contribution in [0.25, 0.3) is 0 Å². The number of nitrogens with zero attached hydrogens (tertiary/aromatic N) is 1. The number of rotatable bonds is 2. The summed E-state index contributed by atoms with van der Waals surface area (Å²) < 4.78 is 0.329. The molecule has 1 aromatic rings. The van der Waals surface area contributed by atoms with E-state index in [4.69, 9.17) is 4.84 Å². The first-order chi connectivity index (χ1) is 7.92. The fourth-order valence-corrected chi connectivity index (χ4v) is 2.77. The van der Waals surface area contributed by atoms with Crippen LogP contribution in [0.1, 0.15) is 32.4 Å². The van der Waals surface area contributed by atoms with E-state index in [9.17, 15) is 4.79 Å². The Balaban J connectivity index is 2.51. The number of benzene rings is 1. The first-order valence-corrected chi connectivity index (χ1v) is 6.06. The highest BCUT2D eigenvalue weighted by Crippen LogP contribution is 2.48. The smallest absolute Gasteiger partial charge is 0.275 e. The molecule has 1 saturated heterocycles. The fourth-order valence-electron chi connectivity index (χ4n) is 2.77. The van der Waals surface area contributed by atoms with Crippen molar-refractivity contribution in [1.29, 1.82) is 0 Å². The van der Waals surface area contributed by atoms with E-state index in [-0.39, 0.29) is 12.0 Å². The van der Waals surface area contributed by atoms with Crippen molar-refractivity contribution in [3.8, 4) is 0 Å². The van der Waals surface area contributed by atoms with Gasteiger partial charge < -0.3 is 0 Å². The first kappa shape index (κ1) is 12.1. The molecule has 3 nitrogen and oxygen atoms in total. The highest BCUT2D eigenvalue weighted by molar-refractivity contribution is 5.77. The minimum absolute atomic E-state index is 0.0567. The molecule has 1 fully saturated rings. The zero-order chi connectivity index (χ0) is 12.7. The average Bonchev–Trinajstić information content (AvgIpc) is 2.47. The Labute approximate surface area is 103 Å². The van der Waals surface area contributed by atoms with Gasteiger partial charge in [-0.25, -0.2) is 4.79 Å². The van der Waals surface area contributed by atoms with Crippen molar-refractivity contribution in [3.63, 3.8) is 0 Å². The van der Waals surface area contributed by atoms with Gasteiger partial charge in [-0.05, 0) is 20.8 Å². The van der Waals surface area contributed by atoms with Crippen molar-refractivity contribution >= 4 is 5.97 Å². The lowest BCUT2D eigenvalue weighted by Crippen LogP contribution is -2.44. The molecule has 1 heterocycles. The molecule has 0 N–H and O–H groups in total. The SMILES string of the molecule is CC[N+]1(C)OC(=O)C(C)(C)C1c1ccccc1. The van der Waals surface area contributed by atoms with E-state index >= 15 is 0 Å². The monoisotopic (exact) mass is 234 g/mol. The van der Waals surface area contributed by atoms with Crippen LogP contribution in [0.4, 0.5) is 0 Å². The summed E-state index contributed by atoms with van der Waals surface area (Å²) in [5.74, 6) is -0.115. The van der Waals surface area contributed by atoms with Gasteiger partial charge in [0.25, 0.3) is 0 Å². The molecule has 0 amide bonds. The Bertz CT molecular complexity index is 427. The van der Waals surface area contributed by atoms with Gasteiger partial charge in [0.2, 0.25) is 0 Å². The van der Waals surface area contributed by atoms with Crippen molar-refractivity contribution < 1.29 is 14.3 Å². The number of carbonyl (C=O) groups excluding carboxylic acids is 1. The molecule has 0 spiro atoms. The lowest BCUT2D eigenvalue weighted by Gasteiger charge is -2.32. The molecule has 1 aliphatic rings. The maximum Gasteiger partial charge on any atom is 0.378 e. The van der Waals surface area contributed by atoms with E-state index < -0.39 is 5.41 Å². The minimum atomic E-state index is -0.480. The number of hydrogen-bond donors (Lipinski definition) is 0. The number of hydrogen-bond acceptors (Lipinski definition) is 2. The van der Waals surface area contributed by atoms with Crippen LogP contribution in [0.3, 0.4) is 0 Å². The topological polar surface area (TPSA) is 26.3 Å². The summed E-state index contributed by atoms with van der Waals surface area (Å²) in [5, 5.41) is 0. The second-order valence-electron chi connectivity index (χ2n) is 5.40. The molecule has 17 heavy (non-hydrogen) atoms. The van der Waals surface area contributed by atoms with Crippen LogP contribution >= 0.6 is 0 Å². The van der Waals surface area contributed by atoms with Crippen LogP contribution in [-0.2, 0) is 9.63 Å².